The molecule has 0 atom stereocenters. The standard InChI is InChI=1S/C26H23ClN4O3S/c27-20-10-11-21-24(16-20)35-26(28-21)30(17-18-7-3-1-4-8-18)25(32)19-9-12-22(23(15-19)31(33)34)29-13-5-2-6-14-29/h1,3-4,7-12,15-16H,2,5-6,13-14,17H2. The fourth-order valence-electron chi connectivity index (χ4n) is 4.35. The Morgan fingerprint density at radius 2 is 1.83 bits per heavy atom. The first-order valence-electron chi connectivity index (χ1n) is 11.4. The molecule has 7 nitrogen and oxygen atoms in total. The van der Waals surface area contributed by atoms with Gasteiger partial charge >= 0.3 is 0 Å². The number of hydrogen-bond donors (Lipinski definition) is 0. The van der Waals surface area contributed by atoms with E-state index in [2.05, 4.69) is 4.98 Å². The third-order valence-electron chi connectivity index (χ3n) is 6.11. The van der Waals surface area contributed by atoms with Crippen LogP contribution in [-0.4, -0.2) is 28.9 Å². The maximum atomic E-state index is 13.8. The highest BCUT2D eigenvalue weighted by Gasteiger charge is 2.27. The monoisotopic (exact) mass is 506 g/mol. The second-order valence-corrected chi connectivity index (χ2v) is 9.94. The number of nitrogens with zero attached hydrogens (tertiary/aromatic N) is 4. The van der Waals surface area contributed by atoms with Crippen molar-refractivity contribution in [1.29, 1.82) is 0 Å². The molecular weight excluding hydrogens is 484 g/mol. The summed E-state index contributed by atoms with van der Waals surface area (Å²) in [5.74, 6) is -0.340. The number of halogens is 1. The molecule has 1 saturated heterocycles. The average molecular weight is 507 g/mol. The summed E-state index contributed by atoms with van der Waals surface area (Å²) in [5.41, 5.74) is 2.44. The van der Waals surface area contributed by atoms with Crippen LogP contribution < -0.4 is 9.80 Å². The number of benzene rings is 3. The van der Waals surface area contributed by atoms with Gasteiger partial charge in [-0.05, 0) is 55.2 Å². The van der Waals surface area contributed by atoms with E-state index in [1.54, 1.807) is 23.1 Å². The number of rotatable bonds is 6. The summed E-state index contributed by atoms with van der Waals surface area (Å²) in [7, 11) is 0. The number of piperidine rings is 1. The van der Waals surface area contributed by atoms with Crippen molar-refractivity contribution in [2.45, 2.75) is 25.8 Å². The van der Waals surface area contributed by atoms with Gasteiger partial charge in [0.25, 0.3) is 11.6 Å². The molecule has 0 bridgehead atoms. The van der Waals surface area contributed by atoms with Gasteiger partial charge in [0.05, 0.1) is 21.7 Å². The first-order valence-corrected chi connectivity index (χ1v) is 12.6. The zero-order valence-corrected chi connectivity index (χ0v) is 20.5. The highest BCUT2D eigenvalue weighted by Crippen LogP contribution is 2.35. The van der Waals surface area contributed by atoms with Crippen LogP contribution in [0.2, 0.25) is 5.02 Å². The van der Waals surface area contributed by atoms with E-state index in [1.807, 2.05) is 47.4 Å². The summed E-state index contributed by atoms with van der Waals surface area (Å²) in [4.78, 5) is 33.6. The fourth-order valence-corrected chi connectivity index (χ4v) is 5.59. The Morgan fingerprint density at radius 1 is 1.06 bits per heavy atom. The minimum absolute atomic E-state index is 0.0477. The van der Waals surface area contributed by atoms with Crippen LogP contribution in [0.15, 0.2) is 66.7 Å². The largest absolute Gasteiger partial charge is 0.366 e. The summed E-state index contributed by atoms with van der Waals surface area (Å²) >= 11 is 7.52. The van der Waals surface area contributed by atoms with Gasteiger partial charge in [-0.2, -0.15) is 0 Å². The lowest BCUT2D eigenvalue weighted by Gasteiger charge is -2.28. The van der Waals surface area contributed by atoms with Crippen molar-refractivity contribution in [1.82, 2.24) is 4.98 Å². The minimum atomic E-state index is -0.401. The molecular formula is C26H23ClN4O3S. The molecule has 35 heavy (non-hydrogen) atoms. The number of nitro benzene ring substituents is 1. The number of fused-ring (bicyclic) bond motifs is 1. The molecule has 0 spiro atoms. The Balaban J connectivity index is 1.54. The Bertz CT molecular complexity index is 1390. The normalized spacial score (nSPS) is 13.7. The predicted octanol–water partition coefficient (Wildman–Crippen LogP) is 6.70. The molecule has 3 aromatic carbocycles. The molecule has 1 fully saturated rings. The molecule has 2 heterocycles. The van der Waals surface area contributed by atoms with Gasteiger partial charge in [-0.1, -0.05) is 53.3 Å². The highest BCUT2D eigenvalue weighted by molar-refractivity contribution is 7.22. The third kappa shape index (κ3) is 4.99. The topological polar surface area (TPSA) is 79.6 Å². The van der Waals surface area contributed by atoms with E-state index in [9.17, 15) is 14.9 Å². The fraction of sp³-hybridized carbons (Fsp3) is 0.231. The van der Waals surface area contributed by atoms with E-state index >= 15 is 0 Å². The minimum Gasteiger partial charge on any atom is -0.366 e. The Kier molecular flexibility index (Phi) is 6.66. The Labute approximate surface area is 211 Å². The second kappa shape index (κ2) is 10.0. The number of amides is 1. The summed E-state index contributed by atoms with van der Waals surface area (Å²) in [6, 6.07) is 19.8. The van der Waals surface area contributed by atoms with Crippen molar-refractivity contribution >= 4 is 55.6 Å². The van der Waals surface area contributed by atoms with E-state index in [-0.39, 0.29) is 23.7 Å². The maximum Gasteiger partial charge on any atom is 0.293 e. The van der Waals surface area contributed by atoms with Crippen LogP contribution in [0, 0.1) is 10.1 Å². The van der Waals surface area contributed by atoms with E-state index in [0.29, 0.717) is 15.8 Å². The molecule has 1 aromatic heterocycles. The van der Waals surface area contributed by atoms with Crippen LogP contribution >= 0.6 is 22.9 Å². The van der Waals surface area contributed by atoms with Crippen LogP contribution in [-0.2, 0) is 6.54 Å². The number of thiazole rings is 1. The second-order valence-electron chi connectivity index (χ2n) is 8.49. The summed E-state index contributed by atoms with van der Waals surface area (Å²) in [6.45, 7) is 1.85. The molecule has 1 aliphatic heterocycles. The first kappa shape index (κ1) is 23.3. The van der Waals surface area contributed by atoms with Gasteiger partial charge in [0, 0.05) is 29.7 Å². The number of nitro groups is 1. The molecule has 0 aliphatic carbocycles. The van der Waals surface area contributed by atoms with Crippen molar-refractivity contribution in [3.8, 4) is 0 Å². The number of carbonyl (C=O) groups excluding carboxylic acids is 1. The number of carbonyl (C=O) groups is 1. The van der Waals surface area contributed by atoms with Crippen LogP contribution in [0.25, 0.3) is 10.2 Å². The number of hydrogen-bond acceptors (Lipinski definition) is 6. The van der Waals surface area contributed by atoms with E-state index in [4.69, 9.17) is 11.6 Å². The summed E-state index contributed by atoms with van der Waals surface area (Å²) in [6.07, 6.45) is 3.14. The molecule has 5 rings (SSSR count). The summed E-state index contributed by atoms with van der Waals surface area (Å²) in [5, 5.41) is 13.1. The molecule has 0 unspecified atom stereocenters. The molecule has 0 radical (unpaired) electrons. The molecule has 9 heteroatoms. The van der Waals surface area contributed by atoms with Gasteiger partial charge in [-0.15, -0.1) is 0 Å². The molecule has 1 aliphatic rings. The molecule has 0 N–H and O–H groups in total. The van der Waals surface area contributed by atoms with Crippen LogP contribution in [0.1, 0.15) is 35.2 Å². The summed E-state index contributed by atoms with van der Waals surface area (Å²) < 4.78 is 0.866. The SMILES string of the molecule is O=C(c1ccc(N2CCCCC2)c([N+](=O)[O-])c1)N(Cc1ccccc1)c1nc2ccc(Cl)cc2s1. The Hall–Kier alpha value is -3.49. The van der Waals surface area contributed by atoms with Gasteiger partial charge < -0.3 is 4.90 Å². The molecule has 4 aromatic rings. The first-order chi connectivity index (χ1) is 17.0. The van der Waals surface area contributed by atoms with Crippen molar-refractivity contribution in [2.24, 2.45) is 0 Å². The van der Waals surface area contributed by atoms with Gasteiger partial charge in [0.15, 0.2) is 5.13 Å². The molecule has 0 saturated carbocycles. The van der Waals surface area contributed by atoms with Crippen LogP contribution in [0.3, 0.4) is 0 Å². The average Bonchev–Trinajstić information content (AvgIpc) is 3.30. The lowest BCUT2D eigenvalue weighted by molar-refractivity contribution is -0.384. The number of aromatic nitrogens is 1. The lowest BCUT2D eigenvalue weighted by atomic mass is 10.1. The van der Waals surface area contributed by atoms with E-state index in [1.165, 1.54) is 17.4 Å². The van der Waals surface area contributed by atoms with E-state index < -0.39 is 4.92 Å². The van der Waals surface area contributed by atoms with Crippen LogP contribution in [0.4, 0.5) is 16.5 Å². The molecule has 1 amide bonds. The smallest absolute Gasteiger partial charge is 0.293 e. The lowest BCUT2D eigenvalue weighted by Crippen LogP contribution is -2.31. The third-order valence-corrected chi connectivity index (χ3v) is 7.39. The van der Waals surface area contributed by atoms with Gasteiger partial charge in [0.2, 0.25) is 0 Å². The zero-order chi connectivity index (χ0) is 24.4. The predicted molar refractivity (Wildman–Crippen MR) is 141 cm³/mol. The highest BCUT2D eigenvalue weighted by atomic mass is 35.5. The van der Waals surface area contributed by atoms with Crippen molar-refractivity contribution in [3.05, 3.63) is 93.0 Å². The van der Waals surface area contributed by atoms with Gasteiger partial charge in [-0.3, -0.25) is 19.8 Å². The molecule has 178 valence electrons. The van der Waals surface area contributed by atoms with Crippen molar-refractivity contribution in [3.63, 3.8) is 0 Å². The number of anilines is 2. The van der Waals surface area contributed by atoms with Gasteiger partial charge in [0.1, 0.15) is 5.69 Å². The van der Waals surface area contributed by atoms with Crippen molar-refractivity contribution < 1.29 is 9.72 Å². The van der Waals surface area contributed by atoms with Crippen molar-refractivity contribution in [2.75, 3.05) is 22.9 Å². The maximum absolute atomic E-state index is 13.8. The quantitative estimate of drug-likeness (QED) is 0.215. The van der Waals surface area contributed by atoms with E-state index in [0.717, 1.165) is 48.1 Å². The van der Waals surface area contributed by atoms with Gasteiger partial charge in [-0.25, -0.2) is 4.98 Å². The Morgan fingerprint density at radius 3 is 2.57 bits per heavy atom. The zero-order valence-electron chi connectivity index (χ0n) is 18.9. The van der Waals surface area contributed by atoms with Crippen LogP contribution in [0.5, 0.6) is 0 Å².